The Labute approximate surface area is 289 Å². The fraction of sp³-hybridized carbons (Fsp3) is 0.700. The van der Waals surface area contributed by atoms with Gasteiger partial charge in [-0.25, -0.2) is 5.57 Å². The molecule has 43 heavy (non-hydrogen) atoms. The number of hydrogen-bond acceptors (Lipinski definition) is 0. The Kier molecular flexibility index (Phi) is 22.6. The molecule has 0 bridgehead atoms. The van der Waals surface area contributed by atoms with Crippen LogP contribution in [0.3, 0.4) is 0 Å². The van der Waals surface area contributed by atoms with Crippen molar-refractivity contribution in [3.05, 3.63) is 61.4 Å². The maximum Gasteiger partial charge on any atom is 3.00 e. The molecule has 1 aliphatic carbocycles. The molecular formula is C40H73Si2Ti. The molecule has 3 heteroatoms. The number of hydrogen-bond donors (Lipinski definition) is 0. The minimum atomic E-state index is -1.88. The monoisotopic (exact) mass is 657 g/mol. The molecule has 2 unspecified atom stereocenters. The van der Waals surface area contributed by atoms with Crippen molar-refractivity contribution in [2.24, 2.45) is 0 Å². The van der Waals surface area contributed by atoms with E-state index in [1.165, 1.54) is 125 Å². The van der Waals surface area contributed by atoms with Crippen molar-refractivity contribution >= 4 is 26.5 Å². The summed E-state index contributed by atoms with van der Waals surface area (Å²) in [5.41, 5.74) is 5.93. The van der Waals surface area contributed by atoms with E-state index < -0.39 is 16.1 Å². The average Bonchev–Trinajstić information content (AvgIpc) is 3.10. The second-order valence-corrected chi connectivity index (χ2v) is 24.7. The summed E-state index contributed by atoms with van der Waals surface area (Å²) in [6, 6.07) is 9.07. The van der Waals surface area contributed by atoms with Crippen molar-refractivity contribution in [1.82, 2.24) is 0 Å². The topological polar surface area (TPSA) is 0 Å². The summed E-state index contributed by atoms with van der Waals surface area (Å²) >= 11 is 0. The summed E-state index contributed by atoms with van der Waals surface area (Å²) in [6.45, 7) is 24.4. The number of rotatable bonds is 20. The molecule has 0 saturated carbocycles. The van der Waals surface area contributed by atoms with Crippen molar-refractivity contribution in [3.63, 3.8) is 0 Å². The van der Waals surface area contributed by atoms with E-state index in [0.717, 1.165) is 0 Å². The fourth-order valence-electron chi connectivity index (χ4n) is 7.01. The molecule has 1 aliphatic rings. The third-order valence-electron chi connectivity index (χ3n) is 10.5. The predicted molar refractivity (Wildman–Crippen MR) is 202 cm³/mol. The largest absolute Gasteiger partial charge is 3.00 e. The molecule has 245 valence electrons. The first-order valence-corrected chi connectivity index (χ1v) is 23.5. The molecular weight excluding hydrogens is 584 g/mol. The van der Waals surface area contributed by atoms with Crippen molar-refractivity contribution in [3.8, 4) is 0 Å². The first-order valence-electron chi connectivity index (χ1n) is 17.3. The number of unbranched alkanes of at least 4 members (excludes halogenated alkanes) is 15. The van der Waals surface area contributed by atoms with Gasteiger partial charge < -0.3 is 14.9 Å². The Hall–Kier alpha value is -0.152. The van der Waals surface area contributed by atoms with Crippen molar-refractivity contribution in [2.75, 3.05) is 0 Å². The van der Waals surface area contributed by atoms with E-state index in [9.17, 15) is 0 Å². The minimum Gasteiger partial charge on any atom is -0.358 e. The SMILES string of the molecule is CCCCCCCCCCCCCCCCCC[Si](C)(c1cc(C)cc([Si](C)(C)C)c1)C1(C)[C-]=C(C)C(C)=C1C.[CH3-].[CH3-].[Ti+3]. The number of aryl methyl sites for hydroxylation is 1. The number of allylic oxidation sites excluding steroid dienone is 4. The molecule has 0 spiro atoms. The van der Waals surface area contributed by atoms with Gasteiger partial charge in [-0.15, -0.1) is 6.92 Å². The van der Waals surface area contributed by atoms with Crippen LogP contribution in [-0.2, 0) is 21.7 Å². The molecule has 2 rings (SSSR count). The standard InChI is InChI=1S/C38H67Si2.2CH3.Ti/c1-11-12-13-14-15-16-17-18-19-20-21-22-23-24-25-26-27-40(10,38(6)31-33(3)34(4)35(38)5)37-29-32(2)28-36(30-37)39(7,8)9;;;/h28-30H,11-27H2,1-10H3;2*1H3;/q3*-1;+3. The quantitative estimate of drug-likeness (QED) is 0.0743. The van der Waals surface area contributed by atoms with Gasteiger partial charge in [0.25, 0.3) is 0 Å². The van der Waals surface area contributed by atoms with Gasteiger partial charge in [-0.3, -0.25) is 6.08 Å². The molecule has 0 heterocycles. The fourth-order valence-corrected chi connectivity index (χ4v) is 13.2. The summed E-state index contributed by atoms with van der Waals surface area (Å²) in [4.78, 5) is 0. The van der Waals surface area contributed by atoms with E-state index >= 15 is 0 Å². The van der Waals surface area contributed by atoms with Crippen LogP contribution in [-0.4, -0.2) is 16.1 Å². The van der Waals surface area contributed by atoms with Gasteiger partial charge >= 0.3 is 21.7 Å². The van der Waals surface area contributed by atoms with E-state index in [-0.39, 0.29) is 41.6 Å². The third-order valence-corrected chi connectivity index (χ3v) is 18.2. The van der Waals surface area contributed by atoms with Crippen LogP contribution >= 0.6 is 0 Å². The van der Waals surface area contributed by atoms with Gasteiger partial charge in [-0.05, 0) is 6.92 Å². The van der Waals surface area contributed by atoms with E-state index in [2.05, 4.69) is 92.0 Å². The van der Waals surface area contributed by atoms with Crippen molar-refractivity contribution in [2.45, 2.75) is 182 Å². The molecule has 0 amide bonds. The summed E-state index contributed by atoms with van der Waals surface area (Å²) < 4.78 is 0. The summed E-state index contributed by atoms with van der Waals surface area (Å²) in [6.07, 6.45) is 27.1. The Morgan fingerprint density at radius 3 is 1.37 bits per heavy atom. The summed E-state index contributed by atoms with van der Waals surface area (Å²) in [7, 11) is -3.25. The minimum absolute atomic E-state index is 0. The predicted octanol–water partition coefficient (Wildman–Crippen LogP) is 12.8. The smallest absolute Gasteiger partial charge is 0.358 e. The molecule has 0 fully saturated rings. The second kappa shape index (κ2) is 21.6. The van der Waals surface area contributed by atoms with Crippen LogP contribution in [0.5, 0.6) is 0 Å². The van der Waals surface area contributed by atoms with Gasteiger partial charge in [0.05, 0.1) is 16.1 Å². The summed E-state index contributed by atoms with van der Waals surface area (Å²) in [5, 5.41) is 3.41. The van der Waals surface area contributed by atoms with Crippen LogP contribution in [0.4, 0.5) is 0 Å². The van der Waals surface area contributed by atoms with Gasteiger partial charge in [0, 0.05) is 0 Å². The van der Waals surface area contributed by atoms with Crippen LogP contribution in [0.15, 0.2) is 34.9 Å². The molecule has 0 N–H and O–H groups in total. The van der Waals surface area contributed by atoms with E-state index in [4.69, 9.17) is 0 Å². The van der Waals surface area contributed by atoms with Crippen LogP contribution in [0.25, 0.3) is 0 Å². The van der Waals surface area contributed by atoms with Crippen LogP contribution < -0.4 is 10.4 Å². The van der Waals surface area contributed by atoms with Gasteiger partial charge in [0.15, 0.2) is 0 Å². The molecule has 1 radical (unpaired) electrons. The van der Waals surface area contributed by atoms with Gasteiger partial charge in [0.2, 0.25) is 0 Å². The van der Waals surface area contributed by atoms with Crippen molar-refractivity contribution < 1.29 is 21.7 Å². The molecule has 0 aromatic heterocycles. The Balaban J connectivity index is 0. The molecule has 1 aromatic rings. The summed E-state index contributed by atoms with van der Waals surface area (Å²) in [5.74, 6) is 0. The molecule has 0 saturated heterocycles. The average molecular weight is 658 g/mol. The molecule has 1 aromatic carbocycles. The molecule has 2 atom stereocenters. The van der Waals surface area contributed by atoms with Crippen LogP contribution in [0.2, 0.25) is 37.3 Å². The number of benzene rings is 1. The van der Waals surface area contributed by atoms with Crippen molar-refractivity contribution in [1.29, 1.82) is 0 Å². The Bertz CT molecular complexity index is 969. The Morgan fingerprint density at radius 1 is 0.605 bits per heavy atom. The Morgan fingerprint density at radius 2 is 1.00 bits per heavy atom. The first-order chi connectivity index (χ1) is 18.9. The van der Waals surface area contributed by atoms with Crippen LogP contribution in [0, 0.1) is 27.9 Å². The zero-order valence-corrected chi connectivity index (χ0v) is 34.8. The zero-order chi connectivity index (χ0) is 29.8. The maximum atomic E-state index is 4.07. The van der Waals surface area contributed by atoms with E-state index in [1.807, 2.05) is 0 Å². The van der Waals surface area contributed by atoms with Gasteiger partial charge in [0.1, 0.15) is 0 Å². The maximum absolute atomic E-state index is 4.07. The first kappa shape index (κ1) is 45.0. The van der Waals surface area contributed by atoms with Gasteiger partial charge in [-0.1, -0.05) is 202 Å². The normalized spacial score (nSPS) is 18.0. The third kappa shape index (κ3) is 13.2. The van der Waals surface area contributed by atoms with E-state index in [0.29, 0.717) is 0 Å². The van der Waals surface area contributed by atoms with Gasteiger partial charge in [-0.2, -0.15) is 11.1 Å². The van der Waals surface area contributed by atoms with Crippen LogP contribution in [0.1, 0.15) is 143 Å². The second-order valence-electron chi connectivity index (χ2n) is 14.8. The molecule has 0 aliphatic heterocycles. The van der Waals surface area contributed by atoms with E-state index in [1.54, 1.807) is 15.9 Å². The molecule has 0 nitrogen and oxygen atoms in total. The zero-order valence-electron chi connectivity index (χ0n) is 31.3.